The van der Waals surface area contributed by atoms with Gasteiger partial charge in [0.25, 0.3) is 0 Å². The fourth-order valence-corrected chi connectivity index (χ4v) is 2.37. The lowest BCUT2D eigenvalue weighted by Gasteiger charge is -2.34. The summed E-state index contributed by atoms with van der Waals surface area (Å²) in [4.78, 5) is 23.1. The van der Waals surface area contributed by atoms with Crippen molar-refractivity contribution in [2.75, 3.05) is 24.5 Å². The Hall–Kier alpha value is -2.64. The molecule has 0 unspecified atom stereocenters. The van der Waals surface area contributed by atoms with E-state index in [1.807, 2.05) is 0 Å². The Balaban J connectivity index is 1.65. The largest absolute Gasteiger partial charge is 0.335 e. The Labute approximate surface area is 130 Å². The van der Waals surface area contributed by atoms with Crippen LogP contribution in [-0.2, 0) is 11.3 Å². The van der Waals surface area contributed by atoms with E-state index in [1.165, 1.54) is 6.07 Å². The Morgan fingerprint density at radius 3 is 2.43 bits per heavy atom. The van der Waals surface area contributed by atoms with Gasteiger partial charge in [0, 0.05) is 19.6 Å². The highest BCUT2D eigenvalue weighted by atomic mass is 19.2. The van der Waals surface area contributed by atoms with Gasteiger partial charge in [-0.15, -0.1) is 0 Å². The zero-order valence-corrected chi connectivity index (χ0v) is 12.0. The number of hydrogen-bond acceptors (Lipinski definition) is 4. The van der Waals surface area contributed by atoms with Crippen LogP contribution in [0, 0.1) is 17.5 Å². The molecule has 8 heteroatoms. The molecule has 1 aromatic heterocycles. The number of benzene rings is 1. The maximum absolute atomic E-state index is 13.2. The summed E-state index contributed by atoms with van der Waals surface area (Å²) >= 11 is 0. The van der Waals surface area contributed by atoms with Gasteiger partial charge < -0.3 is 9.80 Å². The molecule has 1 fully saturated rings. The molecule has 5 nitrogen and oxygen atoms in total. The van der Waals surface area contributed by atoms with E-state index >= 15 is 0 Å². The van der Waals surface area contributed by atoms with E-state index in [-0.39, 0.29) is 24.9 Å². The van der Waals surface area contributed by atoms with Crippen molar-refractivity contribution in [2.24, 2.45) is 0 Å². The Morgan fingerprint density at radius 1 is 1.04 bits per heavy atom. The van der Waals surface area contributed by atoms with Gasteiger partial charge in [-0.1, -0.05) is 6.07 Å². The molecule has 1 aromatic carbocycles. The Kier molecular flexibility index (Phi) is 4.14. The monoisotopic (exact) mass is 322 g/mol. The molecule has 2 heterocycles. The minimum Gasteiger partial charge on any atom is -0.335 e. The van der Waals surface area contributed by atoms with E-state index in [1.54, 1.807) is 9.80 Å². The molecule has 1 aliphatic heterocycles. The van der Waals surface area contributed by atoms with Crippen molar-refractivity contribution < 1.29 is 18.0 Å². The van der Waals surface area contributed by atoms with Crippen molar-refractivity contribution in [3.63, 3.8) is 0 Å². The molecule has 0 atom stereocenters. The van der Waals surface area contributed by atoms with Gasteiger partial charge in [0.05, 0.1) is 12.4 Å². The normalized spacial score (nSPS) is 15.2. The summed E-state index contributed by atoms with van der Waals surface area (Å²) in [6, 6.07) is 3.57. The fourth-order valence-electron chi connectivity index (χ4n) is 2.37. The lowest BCUT2D eigenvalue weighted by molar-refractivity contribution is -0.131. The molecule has 1 amide bonds. The van der Waals surface area contributed by atoms with Gasteiger partial charge >= 0.3 is 0 Å². The van der Waals surface area contributed by atoms with E-state index in [0.717, 1.165) is 24.5 Å². The molecular formula is C15H13F3N4O. The summed E-state index contributed by atoms with van der Waals surface area (Å²) in [5.41, 5.74) is 0.517. The molecule has 120 valence electrons. The van der Waals surface area contributed by atoms with Crippen LogP contribution >= 0.6 is 0 Å². The molecule has 23 heavy (non-hydrogen) atoms. The van der Waals surface area contributed by atoms with E-state index < -0.39 is 17.5 Å². The van der Waals surface area contributed by atoms with Crippen LogP contribution < -0.4 is 4.90 Å². The van der Waals surface area contributed by atoms with Crippen molar-refractivity contribution in [3.8, 4) is 0 Å². The lowest BCUT2D eigenvalue weighted by atomic mass is 10.2. The summed E-state index contributed by atoms with van der Waals surface area (Å²) in [6.07, 6.45) is 2.08. The molecular weight excluding hydrogens is 309 g/mol. The van der Waals surface area contributed by atoms with Crippen molar-refractivity contribution in [2.45, 2.75) is 6.54 Å². The Morgan fingerprint density at radius 2 is 1.78 bits per heavy atom. The van der Waals surface area contributed by atoms with Crippen molar-refractivity contribution in [3.05, 3.63) is 53.6 Å². The fraction of sp³-hybridized carbons (Fsp3) is 0.267. The average Bonchev–Trinajstić information content (AvgIpc) is 2.53. The highest BCUT2D eigenvalue weighted by Gasteiger charge is 2.25. The second-order valence-electron chi connectivity index (χ2n) is 5.19. The summed E-state index contributed by atoms with van der Waals surface area (Å²) in [6.45, 7) is 1.11. The van der Waals surface area contributed by atoms with Gasteiger partial charge in [-0.25, -0.2) is 23.1 Å². The first-order valence-corrected chi connectivity index (χ1v) is 6.97. The number of aromatic nitrogens is 2. The van der Waals surface area contributed by atoms with Gasteiger partial charge in [-0.3, -0.25) is 4.79 Å². The zero-order chi connectivity index (χ0) is 16.4. The van der Waals surface area contributed by atoms with Crippen LogP contribution in [0.4, 0.5) is 19.1 Å². The molecule has 0 radical (unpaired) electrons. The maximum atomic E-state index is 13.2. The predicted molar refractivity (Wildman–Crippen MR) is 76.0 cm³/mol. The van der Waals surface area contributed by atoms with Crippen LogP contribution in [0.3, 0.4) is 0 Å². The van der Waals surface area contributed by atoms with Crippen LogP contribution in [0.15, 0.2) is 30.6 Å². The Bertz CT molecular complexity index is 723. The number of piperazine rings is 1. The van der Waals surface area contributed by atoms with Crippen molar-refractivity contribution in [1.29, 1.82) is 0 Å². The minimum atomic E-state index is -0.937. The predicted octanol–water partition coefficient (Wildman–Crippen LogP) is 1.74. The first kappa shape index (κ1) is 15.3. The highest BCUT2D eigenvalue weighted by molar-refractivity contribution is 5.82. The number of anilines is 1. The van der Waals surface area contributed by atoms with Crippen LogP contribution in [0.25, 0.3) is 0 Å². The number of amides is 1. The standard InChI is InChI=1S/C15H13F3N4O/c16-11-6-19-15(20-7-11)22-4-3-21(14(23)9-22)8-10-1-2-12(17)13(18)5-10/h1-2,5-7H,3-4,8-9H2. The summed E-state index contributed by atoms with van der Waals surface area (Å²) in [5, 5.41) is 0. The molecule has 1 saturated heterocycles. The molecule has 1 aliphatic rings. The van der Waals surface area contributed by atoms with Gasteiger partial charge in [-0.05, 0) is 17.7 Å². The molecule has 3 rings (SSSR count). The van der Waals surface area contributed by atoms with Gasteiger partial charge in [0.2, 0.25) is 11.9 Å². The van der Waals surface area contributed by atoms with E-state index in [4.69, 9.17) is 0 Å². The summed E-state index contributed by atoms with van der Waals surface area (Å²) in [7, 11) is 0. The molecule has 0 spiro atoms. The van der Waals surface area contributed by atoms with Crippen LogP contribution in [0.5, 0.6) is 0 Å². The number of carbonyl (C=O) groups excluding carboxylic acids is 1. The van der Waals surface area contributed by atoms with Crippen LogP contribution in [0.1, 0.15) is 5.56 Å². The molecule has 0 bridgehead atoms. The van der Waals surface area contributed by atoms with Crippen LogP contribution in [0.2, 0.25) is 0 Å². The van der Waals surface area contributed by atoms with Crippen LogP contribution in [-0.4, -0.2) is 40.4 Å². The summed E-state index contributed by atoms with van der Waals surface area (Å²) in [5.74, 6) is -2.30. The first-order chi connectivity index (χ1) is 11.0. The third-order valence-corrected chi connectivity index (χ3v) is 3.57. The number of nitrogens with zero attached hydrogens (tertiary/aromatic N) is 4. The molecule has 0 saturated carbocycles. The SMILES string of the molecule is O=C1CN(c2ncc(F)cn2)CCN1Cc1ccc(F)c(F)c1. The van der Waals surface area contributed by atoms with Gasteiger partial charge in [-0.2, -0.15) is 0 Å². The lowest BCUT2D eigenvalue weighted by Crippen LogP contribution is -2.50. The van der Waals surface area contributed by atoms with E-state index in [2.05, 4.69) is 9.97 Å². The number of hydrogen-bond donors (Lipinski definition) is 0. The van der Waals surface area contributed by atoms with Crippen molar-refractivity contribution in [1.82, 2.24) is 14.9 Å². The number of carbonyl (C=O) groups is 1. The molecule has 0 N–H and O–H groups in total. The smallest absolute Gasteiger partial charge is 0.242 e. The number of halogens is 3. The van der Waals surface area contributed by atoms with Gasteiger partial charge in [0.15, 0.2) is 17.5 Å². The quantitative estimate of drug-likeness (QED) is 0.864. The second kappa shape index (κ2) is 6.23. The first-order valence-electron chi connectivity index (χ1n) is 6.97. The van der Waals surface area contributed by atoms with E-state index in [9.17, 15) is 18.0 Å². The van der Waals surface area contributed by atoms with Crippen molar-refractivity contribution >= 4 is 11.9 Å². The maximum Gasteiger partial charge on any atom is 0.242 e. The second-order valence-corrected chi connectivity index (χ2v) is 5.19. The number of rotatable bonds is 3. The minimum absolute atomic E-state index is 0.0509. The zero-order valence-electron chi connectivity index (χ0n) is 12.0. The topological polar surface area (TPSA) is 49.3 Å². The van der Waals surface area contributed by atoms with E-state index in [0.29, 0.717) is 18.7 Å². The molecule has 0 aliphatic carbocycles. The third-order valence-electron chi connectivity index (χ3n) is 3.57. The third kappa shape index (κ3) is 3.41. The van der Waals surface area contributed by atoms with Gasteiger partial charge in [0.1, 0.15) is 6.54 Å². The average molecular weight is 322 g/mol. The molecule has 2 aromatic rings. The highest BCUT2D eigenvalue weighted by Crippen LogP contribution is 2.15. The summed E-state index contributed by atoms with van der Waals surface area (Å²) < 4.78 is 39.0.